The maximum atomic E-state index is 13.6. The molecule has 0 aliphatic carbocycles. The molecule has 0 unspecified atom stereocenters. The van der Waals surface area contributed by atoms with Gasteiger partial charge >= 0.3 is 0 Å². The number of anilines is 2. The minimum absolute atomic E-state index is 0.0462. The first kappa shape index (κ1) is 21.4. The fourth-order valence-corrected chi connectivity index (χ4v) is 3.75. The third kappa shape index (κ3) is 4.02. The van der Waals surface area contributed by atoms with E-state index < -0.39 is 0 Å². The van der Waals surface area contributed by atoms with Crippen LogP contribution in [-0.2, 0) is 9.59 Å². The van der Waals surface area contributed by atoms with Gasteiger partial charge in [0.1, 0.15) is 11.4 Å². The van der Waals surface area contributed by atoms with E-state index in [-0.39, 0.29) is 23.6 Å². The molecule has 1 aliphatic rings. The lowest BCUT2D eigenvalue weighted by Gasteiger charge is -2.19. The molecule has 1 heterocycles. The normalized spacial score (nSPS) is 13.8. The number of para-hydroxylation sites is 1. The Morgan fingerprint density at radius 1 is 0.812 bits per heavy atom. The van der Waals surface area contributed by atoms with Crippen molar-refractivity contribution < 1.29 is 14.3 Å². The van der Waals surface area contributed by atoms with Crippen molar-refractivity contribution in [1.29, 1.82) is 0 Å². The van der Waals surface area contributed by atoms with Crippen LogP contribution in [0.25, 0.3) is 5.57 Å². The zero-order chi connectivity index (χ0) is 22.8. The number of amides is 2. The number of hydrogen-bond acceptors (Lipinski definition) is 4. The number of benzene rings is 3. The molecule has 5 nitrogen and oxygen atoms in total. The second-order valence-corrected chi connectivity index (χ2v) is 8.10. The standard InChI is InChI=1S/C27H26N2O3/c1-17(2)32-22-15-13-20(14-16-22)24-25(28-21-10-6-5-7-11-21)27(31)29(26(24)30)23-12-8-9-18(3)19(23)4/h5-17,28H,1-4H3. The van der Waals surface area contributed by atoms with Gasteiger partial charge < -0.3 is 10.1 Å². The second kappa shape index (κ2) is 8.71. The maximum absolute atomic E-state index is 13.6. The molecule has 1 aliphatic heterocycles. The van der Waals surface area contributed by atoms with E-state index in [2.05, 4.69) is 5.32 Å². The number of nitrogens with one attached hydrogen (secondary N) is 1. The molecule has 1 N–H and O–H groups in total. The van der Waals surface area contributed by atoms with E-state index >= 15 is 0 Å². The van der Waals surface area contributed by atoms with Crippen molar-refractivity contribution in [2.45, 2.75) is 33.8 Å². The van der Waals surface area contributed by atoms with Crippen LogP contribution in [-0.4, -0.2) is 17.9 Å². The minimum Gasteiger partial charge on any atom is -0.491 e. The molecule has 0 fully saturated rings. The van der Waals surface area contributed by atoms with Crippen LogP contribution in [0.3, 0.4) is 0 Å². The zero-order valence-electron chi connectivity index (χ0n) is 18.7. The van der Waals surface area contributed by atoms with Crippen molar-refractivity contribution in [2.75, 3.05) is 10.2 Å². The highest BCUT2D eigenvalue weighted by atomic mass is 16.5. The highest BCUT2D eigenvalue weighted by Gasteiger charge is 2.40. The van der Waals surface area contributed by atoms with Crippen LogP contribution in [0.15, 0.2) is 78.5 Å². The van der Waals surface area contributed by atoms with E-state index in [0.717, 1.165) is 16.8 Å². The summed E-state index contributed by atoms with van der Waals surface area (Å²) >= 11 is 0. The van der Waals surface area contributed by atoms with E-state index in [4.69, 9.17) is 4.74 Å². The molecule has 0 saturated heterocycles. The lowest BCUT2D eigenvalue weighted by molar-refractivity contribution is -0.120. The summed E-state index contributed by atoms with van der Waals surface area (Å²) in [5.74, 6) is -0.00482. The van der Waals surface area contributed by atoms with Gasteiger partial charge in [0, 0.05) is 5.69 Å². The largest absolute Gasteiger partial charge is 0.491 e. The van der Waals surface area contributed by atoms with Crippen molar-refractivity contribution in [3.8, 4) is 5.75 Å². The number of carbonyl (C=O) groups is 2. The third-order valence-electron chi connectivity index (χ3n) is 5.46. The first-order chi connectivity index (χ1) is 15.4. The van der Waals surface area contributed by atoms with Gasteiger partial charge in [-0.15, -0.1) is 0 Å². The SMILES string of the molecule is Cc1cccc(N2C(=O)C(Nc3ccccc3)=C(c3ccc(OC(C)C)cc3)C2=O)c1C. The van der Waals surface area contributed by atoms with Crippen LogP contribution in [0.4, 0.5) is 11.4 Å². The van der Waals surface area contributed by atoms with E-state index in [1.807, 2.05) is 94.4 Å². The fourth-order valence-electron chi connectivity index (χ4n) is 3.75. The molecule has 0 spiro atoms. The molecular weight excluding hydrogens is 400 g/mol. The third-order valence-corrected chi connectivity index (χ3v) is 5.46. The summed E-state index contributed by atoms with van der Waals surface area (Å²) in [5, 5.41) is 3.19. The summed E-state index contributed by atoms with van der Waals surface area (Å²) in [6, 6.07) is 22.3. The van der Waals surface area contributed by atoms with Gasteiger partial charge in [-0.2, -0.15) is 0 Å². The maximum Gasteiger partial charge on any atom is 0.282 e. The summed E-state index contributed by atoms with van der Waals surface area (Å²) < 4.78 is 5.73. The zero-order valence-corrected chi connectivity index (χ0v) is 18.7. The quantitative estimate of drug-likeness (QED) is 0.530. The Morgan fingerprint density at radius 3 is 2.16 bits per heavy atom. The Hall–Kier alpha value is -3.86. The van der Waals surface area contributed by atoms with Gasteiger partial charge in [0.25, 0.3) is 11.8 Å². The van der Waals surface area contributed by atoms with Crippen LogP contribution in [0.5, 0.6) is 5.75 Å². The number of nitrogens with zero attached hydrogens (tertiary/aromatic N) is 1. The Morgan fingerprint density at radius 2 is 1.50 bits per heavy atom. The number of hydrogen-bond donors (Lipinski definition) is 1. The van der Waals surface area contributed by atoms with Gasteiger partial charge in [-0.05, 0) is 74.7 Å². The molecule has 3 aromatic carbocycles. The van der Waals surface area contributed by atoms with Crippen molar-refractivity contribution in [3.05, 3.63) is 95.2 Å². The van der Waals surface area contributed by atoms with E-state index in [1.54, 1.807) is 6.07 Å². The van der Waals surface area contributed by atoms with E-state index in [0.29, 0.717) is 22.6 Å². The van der Waals surface area contributed by atoms with E-state index in [9.17, 15) is 9.59 Å². The highest BCUT2D eigenvalue weighted by molar-refractivity contribution is 6.46. The topological polar surface area (TPSA) is 58.6 Å². The number of imide groups is 1. The Bertz CT molecular complexity index is 1200. The van der Waals surface area contributed by atoms with Gasteiger partial charge in [-0.25, -0.2) is 4.90 Å². The van der Waals surface area contributed by atoms with Crippen molar-refractivity contribution >= 4 is 28.8 Å². The Labute approximate surface area is 188 Å². The van der Waals surface area contributed by atoms with Gasteiger partial charge in [0.15, 0.2) is 0 Å². The van der Waals surface area contributed by atoms with Gasteiger partial charge in [-0.3, -0.25) is 9.59 Å². The predicted octanol–water partition coefficient (Wildman–Crippen LogP) is 5.49. The fraction of sp³-hybridized carbons (Fsp3) is 0.185. The van der Waals surface area contributed by atoms with Crippen LogP contribution < -0.4 is 15.0 Å². The van der Waals surface area contributed by atoms with Crippen molar-refractivity contribution in [1.82, 2.24) is 0 Å². The number of carbonyl (C=O) groups excluding carboxylic acids is 2. The Balaban J connectivity index is 1.80. The van der Waals surface area contributed by atoms with E-state index in [1.165, 1.54) is 4.90 Å². The summed E-state index contributed by atoms with van der Waals surface area (Å²) in [6.45, 7) is 7.80. The molecule has 4 rings (SSSR count). The van der Waals surface area contributed by atoms with Crippen LogP contribution >= 0.6 is 0 Å². The Kier molecular flexibility index (Phi) is 5.82. The molecule has 5 heteroatoms. The molecular formula is C27H26N2O3. The smallest absolute Gasteiger partial charge is 0.282 e. The summed E-state index contributed by atoms with van der Waals surface area (Å²) in [7, 11) is 0. The summed E-state index contributed by atoms with van der Waals surface area (Å²) in [6.07, 6.45) is 0.0462. The molecule has 0 bridgehead atoms. The molecule has 3 aromatic rings. The highest BCUT2D eigenvalue weighted by Crippen LogP contribution is 2.36. The summed E-state index contributed by atoms with van der Waals surface area (Å²) in [5.41, 5.74) is 4.52. The predicted molar refractivity (Wildman–Crippen MR) is 128 cm³/mol. The number of rotatable bonds is 6. The molecule has 0 atom stereocenters. The van der Waals surface area contributed by atoms with Gasteiger partial charge in [0.2, 0.25) is 0 Å². The molecule has 2 amide bonds. The number of aryl methyl sites for hydroxylation is 1. The molecule has 0 radical (unpaired) electrons. The van der Waals surface area contributed by atoms with Crippen LogP contribution in [0, 0.1) is 13.8 Å². The summed E-state index contributed by atoms with van der Waals surface area (Å²) in [4.78, 5) is 28.4. The van der Waals surface area contributed by atoms with Crippen molar-refractivity contribution in [3.63, 3.8) is 0 Å². The first-order valence-electron chi connectivity index (χ1n) is 10.6. The minimum atomic E-state index is -0.370. The first-order valence-corrected chi connectivity index (χ1v) is 10.6. The molecule has 32 heavy (non-hydrogen) atoms. The number of ether oxygens (including phenoxy) is 1. The van der Waals surface area contributed by atoms with Gasteiger partial charge in [-0.1, -0.05) is 42.5 Å². The van der Waals surface area contributed by atoms with Gasteiger partial charge in [0.05, 0.1) is 17.4 Å². The monoisotopic (exact) mass is 426 g/mol. The average Bonchev–Trinajstić information content (AvgIpc) is 3.01. The molecule has 0 aromatic heterocycles. The van der Waals surface area contributed by atoms with Crippen LogP contribution in [0.2, 0.25) is 0 Å². The average molecular weight is 427 g/mol. The van der Waals surface area contributed by atoms with Crippen molar-refractivity contribution in [2.24, 2.45) is 0 Å². The molecule has 162 valence electrons. The lowest BCUT2D eigenvalue weighted by Crippen LogP contribution is -2.33. The molecule has 0 saturated carbocycles. The second-order valence-electron chi connectivity index (χ2n) is 8.10. The van der Waals surface area contributed by atoms with Crippen LogP contribution in [0.1, 0.15) is 30.5 Å². The lowest BCUT2D eigenvalue weighted by atomic mass is 10.0.